The zero-order valence-electron chi connectivity index (χ0n) is 27.1. The number of aromatic nitrogens is 2. The summed E-state index contributed by atoms with van der Waals surface area (Å²) in [7, 11) is -0.594. The molecule has 9 heteroatoms. The third-order valence-electron chi connectivity index (χ3n) is 10.3. The van der Waals surface area contributed by atoms with E-state index in [0.29, 0.717) is 24.0 Å². The SMILES string of the molecule is COc1ccc([Si](C)(C)[C@H]2[C@H](CCO)O[C@@]3(C(=O)N(Cc4cccc(-n5ncc6ccccc6c5=O)c4)c4ccccc43)[C@@H]2C)cc1. The van der Waals surface area contributed by atoms with Gasteiger partial charge in [-0.25, -0.2) is 0 Å². The Morgan fingerprint density at radius 1 is 0.957 bits per heavy atom. The zero-order chi connectivity index (χ0) is 32.9. The predicted molar refractivity (Wildman–Crippen MR) is 186 cm³/mol. The molecule has 47 heavy (non-hydrogen) atoms. The molecule has 1 spiro atoms. The topological polar surface area (TPSA) is 93.9 Å². The van der Waals surface area contributed by atoms with Crippen molar-refractivity contribution >= 4 is 35.6 Å². The molecule has 5 aromatic rings. The number of para-hydroxylation sites is 1. The molecule has 240 valence electrons. The molecule has 1 fully saturated rings. The first-order chi connectivity index (χ1) is 22.7. The molecule has 0 aliphatic carbocycles. The number of hydrogen-bond acceptors (Lipinski definition) is 6. The minimum absolute atomic E-state index is 0.0222. The van der Waals surface area contributed by atoms with Crippen LogP contribution in [0.15, 0.2) is 108 Å². The number of benzene rings is 4. The van der Waals surface area contributed by atoms with Gasteiger partial charge in [-0.3, -0.25) is 9.59 Å². The van der Waals surface area contributed by atoms with Gasteiger partial charge in [0.25, 0.3) is 11.5 Å². The van der Waals surface area contributed by atoms with Crippen LogP contribution in [0.3, 0.4) is 0 Å². The summed E-state index contributed by atoms with van der Waals surface area (Å²) in [6.07, 6.45) is 1.86. The molecule has 1 N–H and O–H groups in total. The van der Waals surface area contributed by atoms with E-state index in [1.165, 1.54) is 9.87 Å². The van der Waals surface area contributed by atoms with E-state index in [1.54, 1.807) is 19.4 Å². The van der Waals surface area contributed by atoms with Crippen molar-refractivity contribution in [2.45, 2.75) is 50.2 Å². The number of aliphatic hydroxyl groups is 1. The van der Waals surface area contributed by atoms with Gasteiger partial charge >= 0.3 is 0 Å². The third kappa shape index (κ3) is 4.92. The molecule has 8 nitrogen and oxygen atoms in total. The monoisotopic (exact) mass is 645 g/mol. The summed E-state index contributed by atoms with van der Waals surface area (Å²) in [5.41, 5.74) is 1.88. The molecule has 3 heterocycles. The molecule has 0 saturated carbocycles. The first-order valence-corrected chi connectivity index (χ1v) is 19.2. The summed E-state index contributed by atoms with van der Waals surface area (Å²) in [6.45, 7) is 7.10. The van der Waals surface area contributed by atoms with E-state index in [2.05, 4.69) is 37.2 Å². The maximum absolute atomic E-state index is 14.9. The van der Waals surface area contributed by atoms with Crippen molar-refractivity contribution in [3.8, 4) is 11.4 Å². The van der Waals surface area contributed by atoms with Crippen molar-refractivity contribution < 1.29 is 19.4 Å². The second-order valence-corrected chi connectivity index (χ2v) is 17.9. The fraction of sp³-hybridized carbons (Fsp3) is 0.289. The van der Waals surface area contributed by atoms with Gasteiger partial charge in [0.1, 0.15) is 5.75 Å². The quantitative estimate of drug-likeness (QED) is 0.223. The van der Waals surface area contributed by atoms with Gasteiger partial charge in [0.2, 0.25) is 0 Å². The standard InChI is InChI=1S/C38H39N3O5Si/c1-25-35(47(3,4)30-18-16-29(45-2)17-19-30)34(20-21-42)46-38(25)32-14-7-8-15-33(32)40(37(38)44)24-26-10-9-12-28(22-26)41-36(43)31-13-6-5-11-27(31)23-39-41/h5-19,22-23,25,34-35,42H,20-21,24H2,1-4H3/t25-,34+,35-,38+/m1/s1. The Hall–Kier alpha value is -4.57. The summed E-state index contributed by atoms with van der Waals surface area (Å²) < 4.78 is 13.8. The minimum Gasteiger partial charge on any atom is -0.497 e. The van der Waals surface area contributed by atoms with Crippen LogP contribution >= 0.6 is 0 Å². The number of ether oxygens (including phenoxy) is 2. The molecule has 7 rings (SSSR count). The zero-order valence-corrected chi connectivity index (χ0v) is 28.1. The van der Waals surface area contributed by atoms with Crippen molar-refractivity contribution in [2.75, 3.05) is 18.6 Å². The van der Waals surface area contributed by atoms with Gasteiger partial charge in [0, 0.05) is 23.5 Å². The van der Waals surface area contributed by atoms with Crippen LogP contribution in [0.1, 0.15) is 24.5 Å². The molecular formula is C38H39N3O5Si. The van der Waals surface area contributed by atoms with E-state index in [0.717, 1.165) is 28.0 Å². The maximum atomic E-state index is 14.9. The van der Waals surface area contributed by atoms with Crippen LogP contribution < -0.4 is 20.4 Å². The van der Waals surface area contributed by atoms with Crippen LogP contribution in [0.4, 0.5) is 5.69 Å². The van der Waals surface area contributed by atoms with Crippen molar-refractivity contribution in [3.63, 3.8) is 0 Å². The molecule has 2 aliphatic rings. The Morgan fingerprint density at radius 2 is 1.70 bits per heavy atom. The smallest absolute Gasteiger partial charge is 0.279 e. The van der Waals surface area contributed by atoms with Gasteiger partial charge < -0.3 is 19.5 Å². The number of hydrogen-bond donors (Lipinski definition) is 1. The predicted octanol–water partition coefficient (Wildman–Crippen LogP) is 5.54. The largest absolute Gasteiger partial charge is 0.497 e. The lowest BCUT2D eigenvalue weighted by Crippen LogP contribution is -2.51. The molecular weight excluding hydrogens is 607 g/mol. The molecule has 0 radical (unpaired) electrons. The summed E-state index contributed by atoms with van der Waals surface area (Å²) in [5, 5.41) is 17.2. The molecule has 4 aromatic carbocycles. The van der Waals surface area contributed by atoms with Gasteiger partial charge in [0.15, 0.2) is 5.60 Å². The molecule has 1 saturated heterocycles. The highest BCUT2D eigenvalue weighted by Gasteiger charge is 2.66. The number of aliphatic hydroxyl groups excluding tert-OH is 1. The summed E-state index contributed by atoms with van der Waals surface area (Å²) in [6, 6.07) is 31.2. The third-order valence-corrected chi connectivity index (χ3v) is 14.7. The normalized spacial score (nSPS) is 22.3. The molecule has 0 bridgehead atoms. The number of carbonyl (C=O) groups excluding carboxylic acids is 1. The van der Waals surface area contributed by atoms with Gasteiger partial charge in [-0.05, 0) is 53.9 Å². The summed E-state index contributed by atoms with van der Waals surface area (Å²) >= 11 is 0. The summed E-state index contributed by atoms with van der Waals surface area (Å²) in [5.74, 6) is 0.564. The Kier molecular flexibility index (Phi) is 7.86. The number of amides is 1. The van der Waals surface area contributed by atoms with Crippen LogP contribution in [0.25, 0.3) is 16.5 Å². The highest BCUT2D eigenvalue weighted by molar-refractivity contribution is 6.91. The van der Waals surface area contributed by atoms with Gasteiger partial charge in [-0.1, -0.05) is 85.9 Å². The van der Waals surface area contributed by atoms with Crippen LogP contribution in [-0.2, 0) is 21.7 Å². The number of anilines is 1. The number of rotatable bonds is 8. The van der Waals surface area contributed by atoms with E-state index in [1.807, 2.05) is 83.8 Å². The van der Waals surface area contributed by atoms with Crippen molar-refractivity contribution in [3.05, 3.63) is 125 Å². The number of nitrogens with zero attached hydrogens (tertiary/aromatic N) is 3. The second-order valence-electron chi connectivity index (χ2n) is 13.2. The second kappa shape index (κ2) is 11.9. The lowest BCUT2D eigenvalue weighted by molar-refractivity contribution is -0.146. The average molecular weight is 646 g/mol. The molecule has 2 aliphatic heterocycles. The Bertz CT molecular complexity index is 2030. The van der Waals surface area contributed by atoms with Gasteiger partial charge in [-0.2, -0.15) is 9.78 Å². The number of fused-ring (bicyclic) bond motifs is 3. The summed E-state index contributed by atoms with van der Waals surface area (Å²) in [4.78, 5) is 30.0. The van der Waals surface area contributed by atoms with Crippen molar-refractivity contribution in [1.29, 1.82) is 0 Å². The highest BCUT2D eigenvalue weighted by atomic mass is 28.3. The first-order valence-electron chi connectivity index (χ1n) is 16.1. The van der Waals surface area contributed by atoms with Crippen LogP contribution in [-0.4, -0.2) is 48.7 Å². The van der Waals surface area contributed by atoms with Crippen LogP contribution in [0, 0.1) is 5.92 Å². The van der Waals surface area contributed by atoms with E-state index in [4.69, 9.17) is 9.47 Å². The lowest BCUT2D eigenvalue weighted by Gasteiger charge is -2.37. The van der Waals surface area contributed by atoms with E-state index in [9.17, 15) is 14.7 Å². The Balaban J connectivity index is 1.26. The fourth-order valence-electron chi connectivity index (χ4n) is 8.07. The van der Waals surface area contributed by atoms with E-state index in [-0.39, 0.29) is 35.6 Å². The van der Waals surface area contributed by atoms with Crippen molar-refractivity contribution in [1.82, 2.24) is 9.78 Å². The Morgan fingerprint density at radius 3 is 2.47 bits per heavy atom. The molecule has 1 amide bonds. The minimum atomic E-state index is -2.26. The van der Waals surface area contributed by atoms with Crippen LogP contribution in [0.5, 0.6) is 5.75 Å². The lowest BCUT2D eigenvalue weighted by atomic mass is 9.82. The number of carbonyl (C=O) groups is 1. The van der Waals surface area contributed by atoms with Crippen molar-refractivity contribution in [2.24, 2.45) is 5.92 Å². The van der Waals surface area contributed by atoms with Crippen LogP contribution in [0.2, 0.25) is 18.6 Å². The average Bonchev–Trinajstić information content (AvgIpc) is 3.52. The Labute approximate surface area is 275 Å². The van der Waals surface area contributed by atoms with Gasteiger partial charge in [0.05, 0.1) is 50.8 Å². The fourth-order valence-corrected chi connectivity index (χ4v) is 12.1. The highest BCUT2D eigenvalue weighted by Crippen LogP contribution is 2.60. The maximum Gasteiger partial charge on any atom is 0.279 e. The van der Waals surface area contributed by atoms with E-state index < -0.39 is 13.7 Å². The van der Waals surface area contributed by atoms with E-state index >= 15 is 0 Å². The first kappa shape index (κ1) is 31.0. The molecule has 1 aromatic heterocycles. The van der Waals surface area contributed by atoms with Gasteiger partial charge in [-0.15, -0.1) is 0 Å². The molecule has 0 unspecified atom stereocenters. The molecule has 4 atom stereocenters. The number of methoxy groups -OCH3 is 1.